The van der Waals surface area contributed by atoms with Gasteiger partial charge in [-0.25, -0.2) is 0 Å². The van der Waals surface area contributed by atoms with Crippen LogP contribution in [0.2, 0.25) is 0 Å². The molecule has 0 bridgehead atoms. The molecular weight excluding hydrogens is 186 g/mol. The average Bonchev–Trinajstić information content (AvgIpc) is 2.29. The second kappa shape index (κ2) is 7.24. The van der Waals surface area contributed by atoms with Gasteiger partial charge in [0, 0.05) is 13.2 Å². The lowest BCUT2D eigenvalue weighted by Crippen LogP contribution is -2.44. The first-order valence-corrected chi connectivity index (χ1v) is 6.55. The summed E-state index contributed by atoms with van der Waals surface area (Å²) in [6, 6.07) is 0.574. The molecule has 1 saturated carbocycles. The largest absolute Gasteiger partial charge is 0.383 e. The summed E-state index contributed by atoms with van der Waals surface area (Å²) in [5.41, 5.74) is 0. The first-order chi connectivity index (χ1) is 7.33. The quantitative estimate of drug-likeness (QED) is 0.732. The maximum Gasteiger partial charge on any atom is 0.0618 e. The molecule has 3 atom stereocenters. The molecule has 0 aromatic carbocycles. The molecule has 0 amide bonds. The fourth-order valence-corrected chi connectivity index (χ4v) is 3.05. The van der Waals surface area contributed by atoms with Crippen LogP contribution in [0.1, 0.15) is 46.0 Å². The minimum atomic E-state index is 0.574. The molecule has 0 heterocycles. The molecular formula is C13H27NO. The number of methoxy groups -OCH3 is 1. The molecule has 1 fully saturated rings. The zero-order valence-corrected chi connectivity index (χ0v) is 10.6. The van der Waals surface area contributed by atoms with Gasteiger partial charge in [0.2, 0.25) is 0 Å². The topological polar surface area (TPSA) is 21.3 Å². The minimum Gasteiger partial charge on any atom is -0.383 e. The summed E-state index contributed by atoms with van der Waals surface area (Å²) in [5, 5.41) is 3.59. The second-order valence-electron chi connectivity index (χ2n) is 4.74. The Morgan fingerprint density at radius 1 is 1.27 bits per heavy atom. The van der Waals surface area contributed by atoms with Crippen molar-refractivity contribution < 1.29 is 4.74 Å². The summed E-state index contributed by atoms with van der Waals surface area (Å²) in [6.45, 7) is 6.45. The lowest BCUT2D eigenvalue weighted by Gasteiger charge is -2.37. The van der Waals surface area contributed by atoms with Crippen LogP contribution in [0, 0.1) is 11.8 Å². The molecule has 1 N–H and O–H groups in total. The van der Waals surface area contributed by atoms with E-state index in [-0.39, 0.29) is 0 Å². The molecule has 1 aliphatic carbocycles. The van der Waals surface area contributed by atoms with Gasteiger partial charge in [-0.05, 0) is 24.8 Å². The van der Waals surface area contributed by atoms with Crippen LogP contribution in [0.15, 0.2) is 0 Å². The van der Waals surface area contributed by atoms with Gasteiger partial charge in [0.1, 0.15) is 0 Å². The number of likely N-dealkylation sites (N-methyl/N-ethyl adjacent to an activating group) is 1. The minimum absolute atomic E-state index is 0.574. The predicted octanol–water partition coefficient (Wildman–Crippen LogP) is 2.83. The number of ether oxygens (including phenoxy) is 1. The molecule has 0 spiro atoms. The highest BCUT2D eigenvalue weighted by molar-refractivity contribution is 4.84. The Morgan fingerprint density at radius 3 is 2.60 bits per heavy atom. The first-order valence-electron chi connectivity index (χ1n) is 6.55. The van der Waals surface area contributed by atoms with E-state index in [0.717, 1.165) is 25.0 Å². The fourth-order valence-electron chi connectivity index (χ4n) is 3.05. The standard InChI is InChI=1S/C13H27NO/c1-4-11-8-6-7-9-12(11)13(10-15-3)14-5-2/h11-14H,4-10H2,1-3H3. The smallest absolute Gasteiger partial charge is 0.0618 e. The van der Waals surface area contributed by atoms with Crippen molar-refractivity contribution >= 4 is 0 Å². The first kappa shape index (κ1) is 13.0. The summed E-state index contributed by atoms with van der Waals surface area (Å²) < 4.78 is 5.34. The van der Waals surface area contributed by atoms with Crippen molar-refractivity contribution in [3.8, 4) is 0 Å². The van der Waals surface area contributed by atoms with Crippen molar-refractivity contribution in [1.29, 1.82) is 0 Å². The Labute approximate surface area is 94.8 Å². The van der Waals surface area contributed by atoms with Gasteiger partial charge in [-0.15, -0.1) is 0 Å². The van der Waals surface area contributed by atoms with Gasteiger partial charge in [0.05, 0.1) is 6.61 Å². The Bertz CT molecular complexity index is 155. The molecule has 0 aromatic heterocycles. The zero-order valence-electron chi connectivity index (χ0n) is 10.6. The van der Waals surface area contributed by atoms with Crippen molar-refractivity contribution in [3.63, 3.8) is 0 Å². The molecule has 0 aliphatic heterocycles. The molecule has 2 nitrogen and oxygen atoms in total. The van der Waals surface area contributed by atoms with Crippen LogP contribution in [-0.4, -0.2) is 26.3 Å². The maximum absolute atomic E-state index is 5.34. The van der Waals surface area contributed by atoms with Crippen molar-refractivity contribution in [1.82, 2.24) is 5.32 Å². The molecule has 0 aromatic rings. The molecule has 1 aliphatic rings. The van der Waals surface area contributed by atoms with Crippen molar-refractivity contribution in [2.75, 3.05) is 20.3 Å². The van der Waals surface area contributed by atoms with Gasteiger partial charge in [-0.3, -0.25) is 0 Å². The molecule has 2 heteroatoms. The van der Waals surface area contributed by atoms with Crippen LogP contribution in [0.5, 0.6) is 0 Å². The van der Waals surface area contributed by atoms with Crippen LogP contribution in [0.3, 0.4) is 0 Å². The number of hydrogen-bond acceptors (Lipinski definition) is 2. The highest BCUT2D eigenvalue weighted by Crippen LogP contribution is 2.34. The number of nitrogens with one attached hydrogen (secondary N) is 1. The van der Waals surface area contributed by atoms with E-state index in [4.69, 9.17) is 4.74 Å². The molecule has 90 valence electrons. The fraction of sp³-hybridized carbons (Fsp3) is 1.00. The summed E-state index contributed by atoms with van der Waals surface area (Å²) in [6.07, 6.45) is 6.98. The van der Waals surface area contributed by atoms with Crippen LogP contribution >= 0.6 is 0 Å². The van der Waals surface area contributed by atoms with E-state index in [2.05, 4.69) is 19.2 Å². The van der Waals surface area contributed by atoms with Gasteiger partial charge in [-0.1, -0.05) is 39.5 Å². The van der Waals surface area contributed by atoms with Gasteiger partial charge < -0.3 is 10.1 Å². The van der Waals surface area contributed by atoms with Gasteiger partial charge >= 0.3 is 0 Å². The SMILES string of the molecule is CCNC(COC)C1CCCCC1CC. The van der Waals surface area contributed by atoms with Crippen LogP contribution in [0.4, 0.5) is 0 Å². The third kappa shape index (κ3) is 3.76. The Balaban J connectivity index is 2.53. The summed E-state index contributed by atoms with van der Waals surface area (Å²) >= 11 is 0. The van der Waals surface area contributed by atoms with E-state index in [1.165, 1.54) is 32.1 Å². The average molecular weight is 213 g/mol. The monoisotopic (exact) mass is 213 g/mol. The van der Waals surface area contributed by atoms with Crippen molar-refractivity contribution in [2.45, 2.75) is 52.0 Å². The highest BCUT2D eigenvalue weighted by Gasteiger charge is 2.30. The van der Waals surface area contributed by atoms with E-state index in [9.17, 15) is 0 Å². The summed E-state index contributed by atoms with van der Waals surface area (Å²) in [7, 11) is 1.81. The zero-order chi connectivity index (χ0) is 11.1. The van der Waals surface area contributed by atoms with E-state index in [0.29, 0.717) is 6.04 Å². The third-order valence-electron chi connectivity index (χ3n) is 3.82. The third-order valence-corrected chi connectivity index (χ3v) is 3.82. The molecule has 15 heavy (non-hydrogen) atoms. The van der Waals surface area contributed by atoms with Crippen molar-refractivity contribution in [2.24, 2.45) is 11.8 Å². The van der Waals surface area contributed by atoms with Crippen molar-refractivity contribution in [3.05, 3.63) is 0 Å². The lowest BCUT2D eigenvalue weighted by molar-refractivity contribution is 0.0958. The van der Waals surface area contributed by atoms with Gasteiger partial charge in [0.25, 0.3) is 0 Å². The molecule has 0 saturated heterocycles. The molecule has 1 rings (SSSR count). The number of hydrogen-bond donors (Lipinski definition) is 1. The van der Waals surface area contributed by atoms with Gasteiger partial charge in [0.15, 0.2) is 0 Å². The van der Waals surface area contributed by atoms with Crippen LogP contribution < -0.4 is 5.32 Å². The van der Waals surface area contributed by atoms with Crippen LogP contribution in [-0.2, 0) is 4.74 Å². The van der Waals surface area contributed by atoms with E-state index < -0.39 is 0 Å². The number of rotatable bonds is 6. The predicted molar refractivity (Wildman–Crippen MR) is 65.1 cm³/mol. The van der Waals surface area contributed by atoms with E-state index in [1.807, 2.05) is 7.11 Å². The molecule has 3 unspecified atom stereocenters. The van der Waals surface area contributed by atoms with E-state index in [1.54, 1.807) is 0 Å². The Morgan fingerprint density at radius 2 is 2.00 bits per heavy atom. The summed E-state index contributed by atoms with van der Waals surface area (Å²) in [5.74, 6) is 1.75. The Hall–Kier alpha value is -0.0800. The van der Waals surface area contributed by atoms with Crippen LogP contribution in [0.25, 0.3) is 0 Å². The highest BCUT2D eigenvalue weighted by atomic mass is 16.5. The normalized spacial score (nSPS) is 29.0. The van der Waals surface area contributed by atoms with E-state index >= 15 is 0 Å². The molecule has 0 radical (unpaired) electrons. The Kier molecular flexibility index (Phi) is 6.26. The lowest BCUT2D eigenvalue weighted by atomic mass is 9.74. The maximum atomic E-state index is 5.34. The van der Waals surface area contributed by atoms with Gasteiger partial charge in [-0.2, -0.15) is 0 Å². The second-order valence-corrected chi connectivity index (χ2v) is 4.74. The summed E-state index contributed by atoms with van der Waals surface area (Å²) in [4.78, 5) is 0.